The van der Waals surface area contributed by atoms with E-state index in [-0.39, 0.29) is 17.9 Å². The average molecular weight is 622 g/mol. The molecule has 2 aliphatic heterocycles. The zero-order valence-corrected chi connectivity index (χ0v) is 24.7. The van der Waals surface area contributed by atoms with Crippen LogP contribution in [0.3, 0.4) is 0 Å². The minimum atomic E-state index is -4.54. The Morgan fingerprint density at radius 3 is 2.49 bits per heavy atom. The normalized spacial score (nSPS) is 18.1. The van der Waals surface area contributed by atoms with Crippen LogP contribution in [-0.4, -0.2) is 53.3 Å². The molecule has 0 bridgehead atoms. The number of pyridine rings is 1. The summed E-state index contributed by atoms with van der Waals surface area (Å²) in [4.78, 5) is 33.1. The van der Waals surface area contributed by atoms with Gasteiger partial charge in [0.25, 0.3) is 0 Å². The number of cyclic esters (lactones) is 1. The zero-order chi connectivity index (χ0) is 32.0. The average Bonchev–Trinajstić information content (AvgIpc) is 3.57. The Morgan fingerprint density at radius 2 is 1.84 bits per heavy atom. The summed E-state index contributed by atoms with van der Waals surface area (Å²) < 4.78 is 57.6. The van der Waals surface area contributed by atoms with Crippen LogP contribution in [0.2, 0.25) is 0 Å². The fourth-order valence-corrected chi connectivity index (χ4v) is 5.72. The molecule has 0 aliphatic carbocycles. The summed E-state index contributed by atoms with van der Waals surface area (Å²) in [5.41, 5.74) is 2.29. The Hall–Kier alpha value is -5.00. The van der Waals surface area contributed by atoms with Crippen molar-refractivity contribution in [3.8, 4) is 28.2 Å². The summed E-state index contributed by atoms with van der Waals surface area (Å²) in [7, 11) is 1.52. The maximum Gasteiger partial charge on any atom is 0.416 e. The van der Waals surface area contributed by atoms with E-state index in [0.717, 1.165) is 37.5 Å². The lowest BCUT2D eigenvalue weighted by atomic mass is 9.97. The van der Waals surface area contributed by atoms with Gasteiger partial charge in [0.05, 0.1) is 31.0 Å². The van der Waals surface area contributed by atoms with Crippen molar-refractivity contribution in [2.75, 3.05) is 25.1 Å². The quantitative estimate of drug-likeness (QED) is 0.218. The number of rotatable bonds is 8. The van der Waals surface area contributed by atoms with Crippen LogP contribution >= 0.6 is 0 Å². The number of anilines is 1. The number of hydrogen-bond donors (Lipinski definition) is 1. The topological polar surface area (TPSA) is 105 Å². The Kier molecular flexibility index (Phi) is 7.67. The highest BCUT2D eigenvalue weighted by molar-refractivity contribution is 5.86. The zero-order valence-electron chi connectivity index (χ0n) is 24.7. The molecule has 2 fully saturated rings. The van der Waals surface area contributed by atoms with Crippen LogP contribution in [0.15, 0.2) is 65.1 Å². The van der Waals surface area contributed by atoms with E-state index < -0.39 is 35.9 Å². The molecule has 234 valence electrons. The molecule has 0 saturated carbocycles. The fourth-order valence-electron chi connectivity index (χ4n) is 5.72. The fraction of sp³-hybridized carbons (Fsp3) is 0.303. The highest BCUT2D eigenvalue weighted by Crippen LogP contribution is 2.41. The van der Waals surface area contributed by atoms with Gasteiger partial charge in [-0.3, -0.25) is 4.90 Å². The standard InChI is InChI=1S/C33H30F3N3O6/c1-18-13-21(15-22(14-18)33(34,35)36)30-19(2)39(32(42)45-30)17-25-23(6-10-29(37-25)38-11-4-12-38)24-16-20(5-7-27(24)43-3)26-8-9-28(44-26)31(40)41/h5-10,13-16,19,30H,4,11-12,17H2,1-3H3,(H,40,41)/t19-,30-/m0/s1. The lowest BCUT2D eigenvalue weighted by Crippen LogP contribution is -2.38. The maximum absolute atomic E-state index is 13.6. The number of methoxy groups -OCH3 is 1. The molecule has 2 aromatic heterocycles. The molecule has 1 N–H and O–H groups in total. The molecule has 0 unspecified atom stereocenters. The third-order valence-electron chi connectivity index (χ3n) is 8.20. The second-order valence-electron chi connectivity index (χ2n) is 11.2. The number of ether oxygens (including phenoxy) is 2. The van der Waals surface area contributed by atoms with Gasteiger partial charge >= 0.3 is 18.2 Å². The van der Waals surface area contributed by atoms with Gasteiger partial charge < -0.3 is 23.9 Å². The Morgan fingerprint density at radius 1 is 1.07 bits per heavy atom. The molecular weight excluding hydrogens is 591 g/mol. The molecule has 1 amide bonds. The smallest absolute Gasteiger partial charge is 0.416 e. The van der Waals surface area contributed by atoms with Gasteiger partial charge in [0.2, 0.25) is 5.76 Å². The van der Waals surface area contributed by atoms with Crippen LogP contribution in [0.4, 0.5) is 23.8 Å². The van der Waals surface area contributed by atoms with Crippen LogP contribution in [0, 0.1) is 6.92 Å². The molecule has 4 heterocycles. The number of alkyl halides is 3. The first-order valence-electron chi connectivity index (χ1n) is 14.4. The van der Waals surface area contributed by atoms with Gasteiger partial charge in [-0.15, -0.1) is 0 Å². The third kappa shape index (κ3) is 5.79. The molecule has 4 aromatic rings. The van der Waals surface area contributed by atoms with Crippen LogP contribution in [0.25, 0.3) is 22.5 Å². The number of furan rings is 1. The van der Waals surface area contributed by atoms with Crippen molar-refractivity contribution in [2.24, 2.45) is 0 Å². The van der Waals surface area contributed by atoms with E-state index in [0.29, 0.717) is 39.5 Å². The van der Waals surface area contributed by atoms with E-state index >= 15 is 0 Å². The number of hydrogen-bond acceptors (Lipinski definition) is 7. The number of aromatic nitrogens is 1. The third-order valence-corrected chi connectivity index (χ3v) is 8.20. The van der Waals surface area contributed by atoms with E-state index in [1.807, 2.05) is 12.1 Å². The van der Waals surface area contributed by atoms with Gasteiger partial charge in [0.1, 0.15) is 23.4 Å². The Bertz CT molecular complexity index is 1780. The van der Waals surface area contributed by atoms with Crippen LogP contribution in [-0.2, 0) is 17.5 Å². The molecule has 45 heavy (non-hydrogen) atoms. The summed E-state index contributed by atoms with van der Waals surface area (Å²) in [6.07, 6.45) is -5.09. The summed E-state index contributed by atoms with van der Waals surface area (Å²) in [5, 5.41) is 9.31. The van der Waals surface area contributed by atoms with Gasteiger partial charge in [0, 0.05) is 29.8 Å². The molecule has 12 heteroatoms. The minimum Gasteiger partial charge on any atom is -0.496 e. The van der Waals surface area contributed by atoms with E-state index in [1.165, 1.54) is 18.1 Å². The first-order valence-corrected chi connectivity index (χ1v) is 14.4. The van der Waals surface area contributed by atoms with Gasteiger partial charge in [-0.25, -0.2) is 14.6 Å². The van der Waals surface area contributed by atoms with E-state index in [4.69, 9.17) is 18.9 Å². The largest absolute Gasteiger partial charge is 0.496 e. The number of carboxylic acids is 1. The summed E-state index contributed by atoms with van der Waals surface area (Å²) in [5.74, 6) is 0.207. The number of aryl methyl sites for hydroxylation is 1. The molecule has 2 saturated heterocycles. The van der Waals surface area contributed by atoms with Gasteiger partial charge in [0.15, 0.2) is 0 Å². The predicted octanol–water partition coefficient (Wildman–Crippen LogP) is 7.33. The van der Waals surface area contributed by atoms with Crippen molar-refractivity contribution in [1.82, 2.24) is 9.88 Å². The number of nitrogens with zero attached hydrogens (tertiary/aromatic N) is 3. The van der Waals surface area contributed by atoms with E-state index in [1.54, 1.807) is 44.2 Å². The number of aromatic carboxylic acids is 1. The lowest BCUT2D eigenvalue weighted by molar-refractivity contribution is -0.137. The van der Waals surface area contributed by atoms with Crippen molar-refractivity contribution in [2.45, 2.75) is 45.1 Å². The minimum absolute atomic E-state index is 0.0166. The van der Waals surface area contributed by atoms with Crippen molar-refractivity contribution in [3.05, 3.63) is 88.8 Å². The number of carbonyl (C=O) groups excluding carboxylic acids is 1. The van der Waals surface area contributed by atoms with Crippen molar-refractivity contribution in [3.63, 3.8) is 0 Å². The van der Waals surface area contributed by atoms with E-state index in [9.17, 15) is 27.9 Å². The summed E-state index contributed by atoms with van der Waals surface area (Å²) in [6.45, 7) is 5.01. The molecule has 9 nitrogen and oxygen atoms in total. The van der Waals surface area contributed by atoms with Crippen LogP contribution < -0.4 is 9.64 Å². The highest BCUT2D eigenvalue weighted by Gasteiger charge is 2.41. The monoisotopic (exact) mass is 621 g/mol. The molecular formula is C33H30F3N3O6. The molecule has 0 spiro atoms. The first kappa shape index (κ1) is 30.0. The van der Waals surface area contributed by atoms with Crippen molar-refractivity contribution >= 4 is 17.9 Å². The van der Waals surface area contributed by atoms with Crippen molar-refractivity contribution in [1.29, 1.82) is 0 Å². The Balaban J connectivity index is 1.38. The van der Waals surface area contributed by atoms with Gasteiger partial charge in [-0.1, -0.05) is 11.6 Å². The second kappa shape index (κ2) is 11.5. The predicted molar refractivity (Wildman–Crippen MR) is 158 cm³/mol. The summed E-state index contributed by atoms with van der Waals surface area (Å²) >= 11 is 0. The SMILES string of the molecule is COc1ccc(-c2ccc(C(=O)O)o2)cc1-c1ccc(N2CCC2)nc1CN1C(=O)O[C@H](c2cc(C)cc(C(F)(F)F)c2)[C@@H]1C. The lowest BCUT2D eigenvalue weighted by Gasteiger charge is -2.33. The molecule has 2 aromatic carbocycles. The number of carbonyl (C=O) groups is 2. The van der Waals surface area contributed by atoms with Gasteiger partial charge in [-0.05, 0) is 80.4 Å². The molecule has 2 aliphatic rings. The van der Waals surface area contributed by atoms with Crippen LogP contribution in [0.1, 0.15) is 52.4 Å². The maximum atomic E-state index is 13.6. The Labute approximate surface area is 256 Å². The number of amides is 1. The number of benzene rings is 2. The number of carboxylic acid groups (broad SMARTS) is 1. The van der Waals surface area contributed by atoms with E-state index in [2.05, 4.69) is 4.90 Å². The second-order valence-corrected chi connectivity index (χ2v) is 11.2. The molecule has 6 rings (SSSR count). The number of halogens is 3. The van der Waals surface area contributed by atoms with Crippen molar-refractivity contribution < 1.29 is 41.8 Å². The first-order chi connectivity index (χ1) is 21.4. The molecule has 0 radical (unpaired) electrons. The van der Waals surface area contributed by atoms with Gasteiger partial charge in [-0.2, -0.15) is 13.2 Å². The molecule has 2 atom stereocenters. The summed E-state index contributed by atoms with van der Waals surface area (Å²) in [6, 6.07) is 15.1. The van der Waals surface area contributed by atoms with Crippen LogP contribution in [0.5, 0.6) is 5.75 Å². The highest BCUT2D eigenvalue weighted by atomic mass is 19.4.